The number of hydrogen-bond acceptors (Lipinski definition) is 15. The number of carbonyl (C=O) groups is 3. The molecule has 454 valence electrons. The van der Waals surface area contributed by atoms with Crippen molar-refractivity contribution in [2.45, 2.75) is 131 Å². The van der Waals surface area contributed by atoms with Gasteiger partial charge in [0.05, 0.1) is 54.7 Å². The third-order valence-electron chi connectivity index (χ3n) is 16.4. The van der Waals surface area contributed by atoms with Crippen molar-refractivity contribution in [3.8, 4) is 33.1 Å². The average Bonchev–Trinajstić information content (AvgIpc) is 2.44. The zero-order chi connectivity index (χ0) is 60.1. The van der Waals surface area contributed by atoms with Crippen LogP contribution in [0, 0.1) is 33.6 Å². The highest BCUT2D eigenvalue weighted by Crippen LogP contribution is 2.37. The Kier molecular flexibility index (Phi) is 21.7. The van der Waals surface area contributed by atoms with E-state index < -0.39 is 24.4 Å². The number of β-amino-alcohol motifs (C(OH)–C–C–N with tert-alkyl or cyclic N) is 1. The second-order valence-corrected chi connectivity index (χ2v) is 23.6. The number of anilines is 1. The van der Waals surface area contributed by atoms with E-state index in [-0.39, 0.29) is 67.9 Å². The Hall–Kier alpha value is -6.97. The van der Waals surface area contributed by atoms with Gasteiger partial charge in [-0.2, -0.15) is 0 Å². The van der Waals surface area contributed by atoms with Gasteiger partial charge in [-0.1, -0.05) is 56.3 Å². The molecule has 18 nitrogen and oxygen atoms in total. The number of aliphatic hydroxyl groups is 2. The van der Waals surface area contributed by atoms with Crippen LogP contribution in [-0.4, -0.2) is 144 Å². The van der Waals surface area contributed by atoms with Crippen molar-refractivity contribution < 1.29 is 48.3 Å². The van der Waals surface area contributed by atoms with Crippen molar-refractivity contribution in [1.29, 1.82) is 0 Å². The molecular weight excluding hydrogens is 1100 g/mol. The Labute approximate surface area is 502 Å². The van der Waals surface area contributed by atoms with Gasteiger partial charge >= 0.3 is 0 Å². The Balaban J connectivity index is 0.722. The number of hydrogen-bond donors (Lipinski definition) is 5. The first-order valence-corrected chi connectivity index (χ1v) is 30.8. The molecule has 0 spiro atoms. The second kappa shape index (κ2) is 29.4. The van der Waals surface area contributed by atoms with Crippen molar-refractivity contribution in [2.75, 3.05) is 70.8 Å². The number of nitrogens with one attached hydrogen (secondary N) is 3. The summed E-state index contributed by atoms with van der Waals surface area (Å²) >= 11 is 1.54. The summed E-state index contributed by atoms with van der Waals surface area (Å²) in [5.74, 6) is 0.428. The molecule has 5 heterocycles. The second-order valence-electron chi connectivity index (χ2n) is 22.7. The van der Waals surface area contributed by atoms with Crippen LogP contribution in [0.2, 0.25) is 0 Å². The number of nitrogens with zero attached hydrogens (tertiary/aromatic N) is 4. The average molecular weight is 1180 g/mol. The third kappa shape index (κ3) is 15.4. The highest BCUT2D eigenvalue weighted by Gasteiger charge is 2.46. The number of unbranched alkanes of at least 4 members (excludes halogenated alkanes) is 1. The van der Waals surface area contributed by atoms with Gasteiger partial charge in [0.2, 0.25) is 5.91 Å². The lowest BCUT2D eigenvalue weighted by atomic mass is 9.95. The molecule has 3 aliphatic rings. The molecule has 3 amide bonds. The van der Waals surface area contributed by atoms with Gasteiger partial charge in [-0.25, -0.2) is 4.98 Å². The van der Waals surface area contributed by atoms with Gasteiger partial charge in [-0.05, 0) is 148 Å². The largest absolute Gasteiger partial charge is 0.494 e. The van der Waals surface area contributed by atoms with Crippen LogP contribution in [0.4, 0.5) is 5.69 Å². The van der Waals surface area contributed by atoms with Gasteiger partial charge < -0.3 is 58.9 Å². The van der Waals surface area contributed by atoms with E-state index in [2.05, 4.69) is 38.5 Å². The number of H-pyrrole nitrogens is 1. The van der Waals surface area contributed by atoms with Crippen LogP contribution >= 0.6 is 11.3 Å². The SMILES string of the molecule is CCN(c1cc(-c2ccc(OCCCCOCCOCCOc3cc(-c4scnc4C)ccc3CNC(O)C3C[C@@H](O)CN3C(=O)[C@H](C(C)C)N3Cc4ccccc4C3=O)cc2)cc(C(=O)NCc2c(C)cc(C)[nH]c2=O)c1C)C1CCOCC1. The van der Waals surface area contributed by atoms with Crippen LogP contribution in [0.3, 0.4) is 0 Å². The van der Waals surface area contributed by atoms with Crippen molar-refractivity contribution in [3.05, 3.63) is 151 Å². The van der Waals surface area contributed by atoms with Crippen LogP contribution in [0.15, 0.2) is 95.2 Å². The van der Waals surface area contributed by atoms with Crippen molar-refractivity contribution in [2.24, 2.45) is 5.92 Å². The van der Waals surface area contributed by atoms with Crippen LogP contribution in [-0.2, 0) is 38.6 Å². The van der Waals surface area contributed by atoms with E-state index in [1.54, 1.807) is 22.3 Å². The molecule has 0 bridgehead atoms. The third-order valence-corrected chi connectivity index (χ3v) is 17.4. The van der Waals surface area contributed by atoms with Crippen molar-refractivity contribution >= 4 is 34.7 Å². The molecule has 4 aromatic carbocycles. The minimum absolute atomic E-state index is 0.0546. The summed E-state index contributed by atoms with van der Waals surface area (Å²) in [6.45, 7) is 19.0. The first-order chi connectivity index (χ1) is 41.1. The highest BCUT2D eigenvalue weighted by atomic mass is 32.1. The summed E-state index contributed by atoms with van der Waals surface area (Å²) in [5, 5.41) is 28.7. The summed E-state index contributed by atoms with van der Waals surface area (Å²) in [6.07, 6.45) is 1.59. The smallest absolute Gasteiger partial charge is 0.255 e. The van der Waals surface area contributed by atoms with E-state index in [9.17, 15) is 29.4 Å². The number of ether oxygens (including phenoxy) is 5. The maximum Gasteiger partial charge on any atom is 0.255 e. The molecule has 9 rings (SSSR count). The van der Waals surface area contributed by atoms with Crippen LogP contribution in [0.25, 0.3) is 21.6 Å². The quantitative estimate of drug-likeness (QED) is 0.0230. The number of aromatic amines is 1. The fourth-order valence-electron chi connectivity index (χ4n) is 11.9. The van der Waals surface area contributed by atoms with E-state index in [0.29, 0.717) is 75.2 Å². The van der Waals surface area contributed by atoms with Crippen LogP contribution in [0.1, 0.15) is 113 Å². The van der Waals surface area contributed by atoms with E-state index in [4.69, 9.17) is 23.7 Å². The lowest BCUT2D eigenvalue weighted by Crippen LogP contribution is -2.56. The fraction of sp³-hybridized carbons (Fsp3) is 0.470. The highest BCUT2D eigenvalue weighted by molar-refractivity contribution is 7.13. The Morgan fingerprint density at radius 1 is 0.859 bits per heavy atom. The number of rotatable bonds is 28. The maximum atomic E-state index is 14.3. The predicted molar refractivity (Wildman–Crippen MR) is 329 cm³/mol. The van der Waals surface area contributed by atoms with Gasteiger partial charge in [0.25, 0.3) is 17.4 Å². The number of amides is 3. The number of aromatic nitrogens is 2. The first-order valence-electron chi connectivity index (χ1n) is 29.9. The van der Waals surface area contributed by atoms with Gasteiger partial charge in [-0.15, -0.1) is 11.3 Å². The van der Waals surface area contributed by atoms with Gasteiger partial charge in [0.15, 0.2) is 0 Å². The number of likely N-dealkylation sites (tertiary alicyclic amines) is 1. The van der Waals surface area contributed by atoms with Gasteiger partial charge in [0.1, 0.15) is 30.4 Å². The molecule has 6 aromatic rings. The molecule has 2 aromatic heterocycles. The summed E-state index contributed by atoms with van der Waals surface area (Å²) in [4.78, 5) is 68.5. The van der Waals surface area contributed by atoms with E-state index in [0.717, 1.165) is 98.9 Å². The van der Waals surface area contributed by atoms with Crippen molar-refractivity contribution in [3.63, 3.8) is 0 Å². The van der Waals surface area contributed by atoms with Gasteiger partial charge in [0, 0.05) is 92.2 Å². The molecule has 0 radical (unpaired) electrons. The molecule has 0 saturated carbocycles. The Morgan fingerprint density at radius 3 is 2.31 bits per heavy atom. The number of thiazole rings is 1. The van der Waals surface area contributed by atoms with Crippen LogP contribution < -0.4 is 30.6 Å². The summed E-state index contributed by atoms with van der Waals surface area (Å²) in [5.41, 5.74) is 12.2. The predicted octanol–water partition coefficient (Wildman–Crippen LogP) is 8.66. The standard InChI is InChI=1S/C66H83N7O11S/c1-8-71(51-21-25-81-26-22-51)57-33-50(32-55(44(57)6)62(75)68-37-56-42(4)31-43(5)70-63(56)76)46-17-19-53(20-18-46)83-24-12-11-23-80-27-28-82-29-30-84-59-34-47(61-45(7)69-40-85-61)15-16-48(59)36-67-64(77)58-35-52(74)39-72(58)66(79)60(41(2)3)73-38-49-13-9-10-14-54(49)65(73)78/h9-10,13-20,31-34,40-41,51-52,58,60,64,67,74,77H,8,11-12,21-30,35-39H2,1-7H3,(H,68,75)(H,70,76)/t52-,58?,60+,64?/m1/s1. The Morgan fingerprint density at radius 2 is 1.59 bits per heavy atom. The van der Waals surface area contributed by atoms with E-state index >= 15 is 0 Å². The fourth-order valence-corrected chi connectivity index (χ4v) is 12.7. The van der Waals surface area contributed by atoms with E-state index in [1.165, 1.54) is 4.90 Å². The number of pyridine rings is 1. The van der Waals surface area contributed by atoms with E-state index in [1.807, 2.05) is 120 Å². The first kappa shape index (κ1) is 62.6. The zero-order valence-electron chi connectivity index (χ0n) is 50.1. The molecule has 85 heavy (non-hydrogen) atoms. The molecule has 2 saturated heterocycles. The summed E-state index contributed by atoms with van der Waals surface area (Å²) < 4.78 is 30.0. The molecule has 19 heteroatoms. The van der Waals surface area contributed by atoms with Crippen LogP contribution in [0.5, 0.6) is 11.5 Å². The molecule has 2 fully saturated rings. The maximum absolute atomic E-state index is 14.3. The topological polar surface area (TPSA) is 217 Å². The molecule has 2 unspecified atom stereocenters. The molecular formula is C66H83N7O11S. The number of aliphatic hydroxyl groups excluding tert-OH is 2. The van der Waals surface area contributed by atoms with Crippen molar-refractivity contribution in [1.82, 2.24) is 30.4 Å². The number of fused-ring (bicyclic) bond motifs is 1. The molecule has 0 aliphatic carbocycles. The summed E-state index contributed by atoms with van der Waals surface area (Å²) in [6, 6.07) is 26.1. The normalized spacial score (nSPS) is 16.9. The monoisotopic (exact) mass is 1180 g/mol. The lowest BCUT2D eigenvalue weighted by Gasteiger charge is -2.37. The molecule has 4 atom stereocenters. The zero-order valence-corrected chi connectivity index (χ0v) is 50.9. The number of aryl methyl sites for hydroxylation is 3. The Bertz CT molecular complexity index is 3310. The molecule has 3 aliphatic heterocycles. The lowest BCUT2D eigenvalue weighted by molar-refractivity contribution is -0.141. The summed E-state index contributed by atoms with van der Waals surface area (Å²) in [7, 11) is 0. The molecule has 5 N–H and O–H groups in total. The minimum atomic E-state index is -1.18. The minimum Gasteiger partial charge on any atom is -0.494 e. The number of carbonyl (C=O) groups excluding carboxylic acids is 3. The number of benzene rings is 4. The van der Waals surface area contributed by atoms with Gasteiger partial charge in [-0.3, -0.25) is 24.5 Å².